The highest BCUT2D eigenvalue weighted by atomic mass is 16.5. The Kier molecular flexibility index (Phi) is 9.21. The van der Waals surface area contributed by atoms with Gasteiger partial charge in [-0.05, 0) is 53.9 Å². The molecule has 3 saturated heterocycles. The van der Waals surface area contributed by atoms with Gasteiger partial charge in [0.1, 0.15) is 29.4 Å². The number of ether oxygens (including phenoxy) is 3. The number of likely N-dealkylation sites (tertiary alicyclic amines) is 2. The van der Waals surface area contributed by atoms with Gasteiger partial charge in [0.05, 0.1) is 48.8 Å². The average Bonchev–Trinajstić information content (AvgIpc) is 3.74. The number of fused-ring (bicyclic) bond motifs is 2. The lowest BCUT2D eigenvalue weighted by Gasteiger charge is -2.39. The summed E-state index contributed by atoms with van der Waals surface area (Å²) in [7, 11) is 5.15. The Morgan fingerprint density at radius 3 is 2.37 bits per heavy atom. The predicted octanol–water partition coefficient (Wildman–Crippen LogP) is 1.74. The molecule has 2 aromatic carbocycles. The number of carbonyl (C=O) groups excluding carboxylic acids is 4. The maximum atomic E-state index is 13.2. The first kappa shape index (κ1) is 36.5. The van der Waals surface area contributed by atoms with Crippen LogP contribution >= 0.6 is 0 Å². The van der Waals surface area contributed by atoms with Crippen molar-refractivity contribution >= 4 is 29.2 Å². The summed E-state index contributed by atoms with van der Waals surface area (Å²) in [5, 5.41) is 21.8. The summed E-state index contributed by atoms with van der Waals surface area (Å²) in [6.45, 7) is 4.11. The van der Waals surface area contributed by atoms with Crippen molar-refractivity contribution in [3.05, 3.63) is 100 Å². The van der Waals surface area contributed by atoms with E-state index in [-0.39, 0.29) is 36.1 Å². The first-order chi connectivity index (χ1) is 27.6. The molecule has 3 fully saturated rings. The first-order valence-corrected chi connectivity index (χ1v) is 18.8. The van der Waals surface area contributed by atoms with Gasteiger partial charge in [0, 0.05) is 82.5 Å². The molecule has 0 saturated carbocycles. The van der Waals surface area contributed by atoms with Gasteiger partial charge in [0.25, 0.3) is 11.8 Å². The molecule has 2 aromatic heterocycles. The Bertz CT molecular complexity index is 2310. The van der Waals surface area contributed by atoms with E-state index in [0.717, 1.165) is 51.5 Å². The number of aliphatic hydroxyl groups is 1. The SMILES string of the molecule is COc1cc(C2=CN(C)C(O)c3cnccc32)cc(OC)c1CN1CC(n2cc(CN3CC(Oc4ccc5c(c4)C(=O)N(C4CCC(=O)NC4=O)C5=O)C3)nn2)C1. The van der Waals surface area contributed by atoms with Crippen LogP contribution in [0.3, 0.4) is 0 Å². The lowest BCUT2D eigenvalue weighted by molar-refractivity contribution is -0.136. The molecule has 2 atom stereocenters. The number of carbonyl (C=O) groups is 4. The Balaban J connectivity index is 0.776. The number of nitrogens with zero attached hydrogens (tertiary/aromatic N) is 8. The van der Waals surface area contributed by atoms with Crippen LogP contribution in [0, 0.1) is 0 Å². The van der Waals surface area contributed by atoms with Gasteiger partial charge in [0.15, 0.2) is 6.23 Å². The number of amides is 4. The smallest absolute Gasteiger partial charge is 0.262 e. The lowest BCUT2D eigenvalue weighted by Crippen LogP contribution is -2.54. The molecule has 2 N–H and O–H groups in total. The summed E-state index contributed by atoms with van der Waals surface area (Å²) in [5.41, 5.74) is 5.70. The number of piperidine rings is 1. The van der Waals surface area contributed by atoms with Crippen LogP contribution in [-0.2, 0) is 22.7 Å². The summed E-state index contributed by atoms with van der Waals surface area (Å²) in [6, 6.07) is 9.86. The van der Waals surface area contributed by atoms with Gasteiger partial charge in [-0.3, -0.25) is 44.2 Å². The fraction of sp³-hybridized carbons (Fsp3) is 0.375. The molecule has 57 heavy (non-hydrogen) atoms. The minimum atomic E-state index is -1.01. The first-order valence-electron chi connectivity index (χ1n) is 18.8. The van der Waals surface area contributed by atoms with Crippen molar-refractivity contribution in [1.29, 1.82) is 0 Å². The number of hydrogen-bond acceptors (Lipinski definition) is 14. The number of aromatic nitrogens is 4. The maximum absolute atomic E-state index is 13.2. The number of nitrogens with one attached hydrogen (secondary N) is 1. The van der Waals surface area contributed by atoms with E-state index in [1.165, 1.54) is 0 Å². The molecular formula is C40H41N9O8. The Morgan fingerprint density at radius 1 is 0.895 bits per heavy atom. The number of pyridine rings is 1. The van der Waals surface area contributed by atoms with Crippen LogP contribution in [-0.4, -0.2) is 128 Å². The van der Waals surface area contributed by atoms with Crippen LogP contribution < -0.4 is 19.5 Å². The van der Waals surface area contributed by atoms with Crippen LogP contribution in [0.1, 0.15) is 73.8 Å². The largest absolute Gasteiger partial charge is 0.496 e. The van der Waals surface area contributed by atoms with Gasteiger partial charge < -0.3 is 24.2 Å². The highest BCUT2D eigenvalue weighted by molar-refractivity contribution is 6.23. The van der Waals surface area contributed by atoms with Crippen molar-refractivity contribution in [2.75, 3.05) is 47.4 Å². The molecule has 7 heterocycles. The van der Waals surface area contributed by atoms with E-state index in [1.807, 2.05) is 42.3 Å². The van der Waals surface area contributed by atoms with E-state index in [4.69, 9.17) is 14.2 Å². The number of benzene rings is 2. The quantitative estimate of drug-likeness (QED) is 0.210. The molecular weight excluding hydrogens is 734 g/mol. The molecule has 9 rings (SSSR count). The van der Waals surface area contributed by atoms with E-state index in [0.29, 0.717) is 43.4 Å². The van der Waals surface area contributed by atoms with Crippen molar-refractivity contribution in [1.82, 2.24) is 44.9 Å². The molecule has 294 valence electrons. The predicted molar refractivity (Wildman–Crippen MR) is 201 cm³/mol. The molecule has 4 aromatic rings. The molecule has 0 aliphatic carbocycles. The molecule has 2 unspecified atom stereocenters. The molecule has 4 amide bonds. The van der Waals surface area contributed by atoms with E-state index in [2.05, 4.69) is 30.4 Å². The standard InChI is InChI=1S/C40H41N9O8/c1-45-20-31(27-8-9-41-13-30(27)38(45)52)22-10-34(55-2)32(35(11-22)56-3)21-47-16-24(17-47)48-15-23(43-44-48)14-46-18-26(19-46)57-25-4-5-28-29(12-25)40(54)49(39(28)53)33-6-7-36(50)42-37(33)51/h4-5,8-13,15,20,24,26,33,38,52H,6-7,14,16-19,21H2,1-3H3,(H,42,50,51). The minimum absolute atomic E-state index is 0.0649. The number of imide groups is 2. The van der Waals surface area contributed by atoms with Gasteiger partial charge in [-0.2, -0.15) is 0 Å². The number of aliphatic hydroxyl groups excluding tert-OH is 1. The fourth-order valence-corrected chi connectivity index (χ4v) is 8.24. The summed E-state index contributed by atoms with van der Waals surface area (Å²) >= 11 is 0. The maximum Gasteiger partial charge on any atom is 0.262 e. The van der Waals surface area contributed by atoms with Crippen molar-refractivity contribution in [3.63, 3.8) is 0 Å². The third-order valence-electron chi connectivity index (χ3n) is 11.3. The third-order valence-corrected chi connectivity index (χ3v) is 11.3. The van der Waals surface area contributed by atoms with E-state index in [1.54, 1.807) is 49.7 Å². The van der Waals surface area contributed by atoms with Crippen molar-refractivity contribution < 1.29 is 38.5 Å². The highest BCUT2D eigenvalue weighted by Gasteiger charge is 2.45. The summed E-state index contributed by atoms with van der Waals surface area (Å²) in [5.74, 6) is -0.268. The number of methoxy groups -OCH3 is 2. The summed E-state index contributed by atoms with van der Waals surface area (Å²) < 4.78 is 19.8. The fourth-order valence-electron chi connectivity index (χ4n) is 8.24. The molecule has 0 radical (unpaired) electrons. The van der Waals surface area contributed by atoms with Crippen LogP contribution in [0.2, 0.25) is 0 Å². The van der Waals surface area contributed by atoms with Crippen molar-refractivity contribution in [2.24, 2.45) is 0 Å². The van der Waals surface area contributed by atoms with Crippen LogP contribution in [0.4, 0.5) is 0 Å². The van der Waals surface area contributed by atoms with E-state index < -0.39 is 35.9 Å². The molecule has 17 heteroatoms. The molecule has 5 aliphatic heterocycles. The number of hydrogen-bond donors (Lipinski definition) is 2. The Labute approximate surface area is 327 Å². The minimum Gasteiger partial charge on any atom is -0.496 e. The second-order valence-electron chi connectivity index (χ2n) is 15.0. The highest BCUT2D eigenvalue weighted by Crippen LogP contribution is 2.41. The zero-order valence-electron chi connectivity index (χ0n) is 31.6. The Hall–Kier alpha value is -6.17. The van der Waals surface area contributed by atoms with E-state index >= 15 is 0 Å². The summed E-state index contributed by atoms with van der Waals surface area (Å²) in [4.78, 5) is 61.6. The van der Waals surface area contributed by atoms with Crippen LogP contribution in [0.25, 0.3) is 5.57 Å². The van der Waals surface area contributed by atoms with E-state index in [9.17, 15) is 24.3 Å². The van der Waals surface area contributed by atoms with Crippen LogP contribution in [0.15, 0.2) is 61.2 Å². The Morgan fingerprint density at radius 2 is 1.63 bits per heavy atom. The van der Waals surface area contributed by atoms with Gasteiger partial charge in [0.2, 0.25) is 11.8 Å². The van der Waals surface area contributed by atoms with Crippen molar-refractivity contribution in [3.8, 4) is 17.2 Å². The topological polar surface area (TPSA) is 185 Å². The monoisotopic (exact) mass is 775 g/mol. The van der Waals surface area contributed by atoms with Crippen LogP contribution in [0.5, 0.6) is 17.2 Å². The third kappa shape index (κ3) is 6.56. The molecule has 5 aliphatic rings. The second-order valence-corrected chi connectivity index (χ2v) is 15.0. The van der Waals surface area contributed by atoms with Gasteiger partial charge in [-0.25, -0.2) is 4.68 Å². The van der Waals surface area contributed by atoms with Crippen molar-refractivity contribution in [2.45, 2.75) is 50.3 Å². The van der Waals surface area contributed by atoms with Gasteiger partial charge in [-0.1, -0.05) is 5.21 Å². The average molecular weight is 776 g/mol. The summed E-state index contributed by atoms with van der Waals surface area (Å²) in [6.07, 6.45) is 6.61. The number of rotatable bonds is 11. The molecule has 0 bridgehead atoms. The normalized spacial score (nSPS) is 21.4. The zero-order valence-corrected chi connectivity index (χ0v) is 31.6. The molecule has 0 spiro atoms. The molecule has 17 nitrogen and oxygen atoms in total. The lowest BCUT2D eigenvalue weighted by atomic mass is 9.91. The zero-order chi connectivity index (χ0) is 39.5. The van der Waals surface area contributed by atoms with Gasteiger partial charge in [-0.15, -0.1) is 5.10 Å². The van der Waals surface area contributed by atoms with Gasteiger partial charge >= 0.3 is 0 Å². The second kappa shape index (κ2) is 14.4.